The summed E-state index contributed by atoms with van der Waals surface area (Å²) < 4.78 is 8.77. The van der Waals surface area contributed by atoms with Gasteiger partial charge in [0.1, 0.15) is 11.2 Å². The van der Waals surface area contributed by atoms with Gasteiger partial charge >= 0.3 is 0 Å². The first kappa shape index (κ1) is 32.7. The van der Waals surface area contributed by atoms with Gasteiger partial charge in [-0.25, -0.2) is 19.9 Å². The highest BCUT2D eigenvalue weighted by Crippen LogP contribution is 2.46. The van der Waals surface area contributed by atoms with Crippen molar-refractivity contribution in [3.05, 3.63) is 182 Å². The minimum Gasteiger partial charge on any atom is -0.456 e. The van der Waals surface area contributed by atoms with Gasteiger partial charge in [0.05, 0.1) is 11.2 Å². The lowest BCUT2D eigenvalue weighted by molar-refractivity contribution is 0.669. The molecule has 0 amide bonds. The molecule has 6 heteroatoms. The van der Waals surface area contributed by atoms with Gasteiger partial charge in [0.2, 0.25) is 0 Å². The summed E-state index contributed by atoms with van der Waals surface area (Å²) in [6.45, 7) is 0. The molecule has 4 aromatic heterocycles. The van der Waals surface area contributed by atoms with Crippen molar-refractivity contribution in [3.8, 4) is 56.5 Å². The van der Waals surface area contributed by atoms with Crippen LogP contribution in [-0.4, -0.2) is 19.9 Å². The van der Waals surface area contributed by atoms with E-state index >= 15 is 0 Å². The zero-order valence-corrected chi connectivity index (χ0v) is 31.7. The van der Waals surface area contributed by atoms with Crippen molar-refractivity contribution in [1.29, 1.82) is 0 Å². The first-order valence-electron chi connectivity index (χ1n) is 19.3. The van der Waals surface area contributed by atoms with Gasteiger partial charge in [-0.3, -0.25) is 0 Å². The molecule has 0 saturated heterocycles. The number of furan rings is 1. The topological polar surface area (TPSA) is 64.7 Å². The van der Waals surface area contributed by atoms with Crippen LogP contribution in [0.25, 0.3) is 120 Å². The van der Waals surface area contributed by atoms with E-state index in [-0.39, 0.29) is 0 Å². The summed E-state index contributed by atoms with van der Waals surface area (Å²) in [5.41, 5.74) is 9.76. The minimum absolute atomic E-state index is 0.599. The van der Waals surface area contributed by atoms with E-state index in [2.05, 4.69) is 121 Å². The monoisotopic (exact) mass is 758 g/mol. The van der Waals surface area contributed by atoms with Crippen LogP contribution in [0.5, 0.6) is 0 Å². The zero-order valence-electron chi connectivity index (χ0n) is 30.9. The molecule has 8 aromatic carbocycles. The number of benzene rings is 8. The minimum atomic E-state index is 0.599. The largest absolute Gasteiger partial charge is 0.456 e. The maximum absolute atomic E-state index is 6.26. The Labute approximate surface area is 336 Å². The van der Waals surface area contributed by atoms with Crippen LogP contribution in [0, 0.1) is 0 Å². The maximum atomic E-state index is 6.26. The standard InChI is InChI=1S/C52H30N4OS/c1-3-14-31(15-4-1)47-40-29-28-37-36-23-12-22-35(48(36)58-49(37)46(40)38-20-7-9-25-42(38)53-47)33-18-11-19-34(30-33)51-54-50(32-16-5-2-6-17-32)55-52(56-51)41-24-13-27-44-45(41)39-21-8-10-26-43(39)57-44/h1-30H. The van der Waals surface area contributed by atoms with Crippen LogP contribution in [0.1, 0.15) is 0 Å². The summed E-state index contributed by atoms with van der Waals surface area (Å²) in [5.74, 6) is 1.82. The predicted octanol–water partition coefficient (Wildman–Crippen LogP) is 14.2. The van der Waals surface area contributed by atoms with Crippen LogP contribution in [0.2, 0.25) is 0 Å². The fourth-order valence-electron chi connectivity index (χ4n) is 8.46. The van der Waals surface area contributed by atoms with Crippen LogP contribution in [0.3, 0.4) is 0 Å². The molecule has 270 valence electrons. The molecule has 0 unspecified atom stereocenters. The van der Waals surface area contributed by atoms with Crippen LogP contribution in [0.4, 0.5) is 0 Å². The van der Waals surface area contributed by atoms with E-state index in [1.165, 1.54) is 31.1 Å². The molecule has 0 radical (unpaired) electrons. The Balaban J connectivity index is 1.05. The van der Waals surface area contributed by atoms with Crippen LogP contribution < -0.4 is 0 Å². The lowest BCUT2D eigenvalue weighted by Crippen LogP contribution is -2.00. The molecular formula is C52H30N4OS. The molecular weight excluding hydrogens is 729 g/mol. The van der Waals surface area contributed by atoms with E-state index < -0.39 is 0 Å². The number of pyridine rings is 1. The number of nitrogens with zero attached hydrogens (tertiary/aromatic N) is 4. The molecule has 0 bridgehead atoms. The number of hydrogen-bond donors (Lipinski definition) is 0. The first-order chi connectivity index (χ1) is 28.7. The van der Waals surface area contributed by atoms with Crippen molar-refractivity contribution in [1.82, 2.24) is 19.9 Å². The number of hydrogen-bond acceptors (Lipinski definition) is 6. The fourth-order valence-corrected chi connectivity index (χ4v) is 9.86. The molecule has 0 spiro atoms. The molecule has 58 heavy (non-hydrogen) atoms. The van der Waals surface area contributed by atoms with Crippen LogP contribution in [0.15, 0.2) is 186 Å². The summed E-state index contributed by atoms with van der Waals surface area (Å²) in [6.07, 6.45) is 0. The molecule has 0 fully saturated rings. The number of thiophene rings is 1. The van der Waals surface area contributed by atoms with Crippen LogP contribution >= 0.6 is 11.3 Å². The van der Waals surface area contributed by atoms with E-state index in [0.717, 1.165) is 71.7 Å². The van der Waals surface area contributed by atoms with E-state index in [1.54, 1.807) is 0 Å². The van der Waals surface area contributed by atoms with E-state index in [4.69, 9.17) is 24.4 Å². The van der Waals surface area contributed by atoms with Gasteiger partial charge in [0.15, 0.2) is 17.5 Å². The second-order valence-corrected chi connectivity index (χ2v) is 15.5. The van der Waals surface area contributed by atoms with Crippen LogP contribution in [-0.2, 0) is 0 Å². The van der Waals surface area contributed by atoms with Gasteiger partial charge in [0.25, 0.3) is 0 Å². The highest BCUT2D eigenvalue weighted by atomic mass is 32.1. The Morgan fingerprint density at radius 3 is 1.79 bits per heavy atom. The zero-order chi connectivity index (χ0) is 38.2. The molecule has 12 aromatic rings. The summed E-state index contributed by atoms with van der Waals surface area (Å²) in [5, 5.41) is 8.07. The second kappa shape index (κ2) is 13.0. The third kappa shape index (κ3) is 5.16. The number of rotatable bonds is 5. The van der Waals surface area contributed by atoms with Crippen molar-refractivity contribution in [2.24, 2.45) is 0 Å². The molecule has 0 atom stereocenters. The van der Waals surface area contributed by atoms with Gasteiger partial charge < -0.3 is 4.42 Å². The number of aromatic nitrogens is 4. The molecule has 0 aliphatic rings. The Morgan fingerprint density at radius 1 is 0.345 bits per heavy atom. The van der Waals surface area contributed by atoms with Gasteiger partial charge in [0, 0.05) is 69.4 Å². The van der Waals surface area contributed by atoms with E-state index in [0.29, 0.717) is 17.5 Å². The Bertz CT molecular complexity index is 3570. The molecule has 5 nitrogen and oxygen atoms in total. The van der Waals surface area contributed by atoms with Gasteiger partial charge in [-0.2, -0.15) is 0 Å². The maximum Gasteiger partial charge on any atom is 0.164 e. The SMILES string of the molecule is c1ccc(-c2nc(-c3cccc(-c4cccc5c4sc4c5ccc5c(-c6ccccc6)nc6ccccc6c54)c3)nc(-c3cccc4oc5ccccc5c34)n2)cc1. The summed E-state index contributed by atoms with van der Waals surface area (Å²) >= 11 is 1.86. The third-order valence-electron chi connectivity index (χ3n) is 11.1. The van der Waals surface area contributed by atoms with Crippen molar-refractivity contribution >= 4 is 75.1 Å². The fraction of sp³-hybridized carbons (Fsp3) is 0. The molecule has 4 heterocycles. The lowest BCUT2D eigenvalue weighted by Gasteiger charge is -2.11. The predicted molar refractivity (Wildman–Crippen MR) is 240 cm³/mol. The average molecular weight is 759 g/mol. The van der Waals surface area contributed by atoms with Gasteiger partial charge in [-0.05, 0) is 35.4 Å². The Hall–Kier alpha value is -7.54. The highest BCUT2D eigenvalue weighted by molar-refractivity contribution is 7.27. The van der Waals surface area contributed by atoms with Crippen molar-refractivity contribution in [3.63, 3.8) is 0 Å². The normalized spacial score (nSPS) is 11.8. The molecule has 0 saturated carbocycles. The number of para-hydroxylation sites is 2. The Kier molecular flexibility index (Phi) is 7.33. The van der Waals surface area contributed by atoms with E-state index in [1.807, 2.05) is 72.0 Å². The van der Waals surface area contributed by atoms with Crippen molar-refractivity contribution < 1.29 is 4.42 Å². The second-order valence-electron chi connectivity index (χ2n) is 14.5. The van der Waals surface area contributed by atoms with Gasteiger partial charge in [-0.15, -0.1) is 11.3 Å². The summed E-state index contributed by atoms with van der Waals surface area (Å²) in [4.78, 5) is 20.6. The van der Waals surface area contributed by atoms with E-state index in [9.17, 15) is 0 Å². The van der Waals surface area contributed by atoms with Gasteiger partial charge in [-0.1, -0.05) is 158 Å². The lowest BCUT2D eigenvalue weighted by atomic mass is 9.97. The summed E-state index contributed by atoms with van der Waals surface area (Å²) in [6, 6.07) is 63.1. The van der Waals surface area contributed by atoms with Crippen molar-refractivity contribution in [2.75, 3.05) is 0 Å². The molecule has 12 rings (SSSR count). The molecule has 0 aliphatic carbocycles. The quantitative estimate of drug-likeness (QED) is 0.164. The number of fused-ring (bicyclic) bond motifs is 10. The molecule has 0 N–H and O–H groups in total. The summed E-state index contributed by atoms with van der Waals surface area (Å²) in [7, 11) is 0. The highest BCUT2D eigenvalue weighted by Gasteiger charge is 2.20. The molecule has 0 aliphatic heterocycles. The van der Waals surface area contributed by atoms with Crippen molar-refractivity contribution in [2.45, 2.75) is 0 Å². The third-order valence-corrected chi connectivity index (χ3v) is 12.4. The average Bonchev–Trinajstić information content (AvgIpc) is 3.88. The first-order valence-corrected chi connectivity index (χ1v) is 20.1. The Morgan fingerprint density at radius 2 is 0.931 bits per heavy atom. The smallest absolute Gasteiger partial charge is 0.164 e.